The van der Waals surface area contributed by atoms with E-state index in [2.05, 4.69) is 15.3 Å². The standard InChI is InChI=1S/C8H9N3OS/c1-13-3-2-8(12)11-7-4-9-6-10-5-7/h2-6H,1H3,(H,11,12)/b3-2+. The van der Waals surface area contributed by atoms with Gasteiger partial charge in [-0.25, -0.2) is 9.97 Å². The number of nitrogens with zero attached hydrogens (tertiary/aromatic N) is 2. The molecule has 0 fully saturated rings. The van der Waals surface area contributed by atoms with Gasteiger partial charge in [0.15, 0.2) is 0 Å². The van der Waals surface area contributed by atoms with Crippen molar-refractivity contribution in [3.63, 3.8) is 0 Å². The zero-order chi connectivity index (χ0) is 9.52. The molecule has 1 aromatic rings. The van der Waals surface area contributed by atoms with Gasteiger partial charge in [0.25, 0.3) is 0 Å². The van der Waals surface area contributed by atoms with Crippen molar-refractivity contribution < 1.29 is 4.79 Å². The highest BCUT2D eigenvalue weighted by atomic mass is 32.2. The minimum atomic E-state index is -0.177. The Labute approximate surface area is 80.5 Å². The van der Waals surface area contributed by atoms with Crippen LogP contribution in [0.4, 0.5) is 5.69 Å². The van der Waals surface area contributed by atoms with Gasteiger partial charge in [-0.2, -0.15) is 0 Å². The number of carbonyl (C=O) groups is 1. The van der Waals surface area contributed by atoms with Gasteiger partial charge in [0.05, 0.1) is 18.1 Å². The fourth-order valence-electron chi connectivity index (χ4n) is 0.677. The number of amides is 1. The van der Waals surface area contributed by atoms with Gasteiger partial charge in [-0.3, -0.25) is 4.79 Å². The van der Waals surface area contributed by atoms with E-state index in [0.29, 0.717) is 5.69 Å². The lowest BCUT2D eigenvalue weighted by Gasteiger charge is -1.98. The summed E-state index contributed by atoms with van der Waals surface area (Å²) in [6.07, 6.45) is 7.83. The van der Waals surface area contributed by atoms with E-state index >= 15 is 0 Å². The maximum absolute atomic E-state index is 11.1. The van der Waals surface area contributed by atoms with Crippen molar-refractivity contribution in [2.75, 3.05) is 11.6 Å². The van der Waals surface area contributed by atoms with Gasteiger partial charge in [0.2, 0.25) is 5.91 Å². The van der Waals surface area contributed by atoms with Crippen LogP contribution < -0.4 is 5.32 Å². The Balaban J connectivity index is 2.50. The van der Waals surface area contributed by atoms with Crippen molar-refractivity contribution in [1.82, 2.24) is 9.97 Å². The van der Waals surface area contributed by atoms with Crippen LogP contribution in [0.15, 0.2) is 30.2 Å². The molecule has 1 N–H and O–H groups in total. The van der Waals surface area contributed by atoms with Crippen molar-refractivity contribution in [3.05, 3.63) is 30.2 Å². The van der Waals surface area contributed by atoms with Gasteiger partial charge in [0, 0.05) is 6.08 Å². The highest BCUT2D eigenvalue weighted by Gasteiger charge is 1.95. The number of hydrogen-bond donors (Lipinski definition) is 1. The first kappa shape index (κ1) is 9.73. The van der Waals surface area contributed by atoms with Crippen molar-refractivity contribution in [3.8, 4) is 0 Å². The summed E-state index contributed by atoms with van der Waals surface area (Å²) in [7, 11) is 0. The van der Waals surface area contributed by atoms with E-state index in [4.69, 9.17) is 0 Å². The molecular formula is C8H9N3OS. The SMILES string of the molecule is CS/C=C/C(=O)Nc1cncnc1. The zero-order valence-electron chi connectivity index (χ0n) is 7.10. The van der Waals surface area contributed by atoms with Crippen LogP contribution in [0.3, 0.4) is 0 Å². The average molecular weight is 195 g/mol. The molecule has 0 bridgehead atoms. The van der Waals surface area contributed by atoms with Crippen LogP contribution in [-0.2, 0) is 4.79 Å². The van der Waals surface area contributed by atoms with E-state index < -0.39 is 0 Å². The van der Waals surface area contributed by atoms with E-state index in [-0.39, 0.29) is 5.91 Å². The van der Waals surface area contributed by atoms with Crippen LogP contribution in [-0.4, -0.2) is 22.1 Å². The topological polar surface area (TPSA) is 54.9 Å². The summed E-state index contributed by atoms with van der Waals surface area (Å²) < 4.78 is 0. The van der Waals surface area contributed by atoms with Crippen LogP contribution in [0.1, 0.15) is 0 Å². The Bertz CT molecular complexity index is 300. The van der Waals surface area contributed by atoms with Gasteiger partial charge in [-0.15, -0.1) is 11.8 Å². The largest absolute Gasteiger partial charge is 0.320 e. The van der Waals surface area contributed by atoms with Crippen LogP contribution in [0, 0.1) is 0 Å². The third-order valence-corrected chi connectivity index (χ3v) is 1.59. The first-order valence-electron chi connectivity index (χ1n) is 3.58. The van der Waals surface area contributed by atoms with Crippen LogP contribution in [0.5, 0.6) is 0 Å². The molecule has 1 rings (SSSR count). The monoisotopic (exact) mass is 195 g/mol. The van der Waals surface area contributed by atoms with Crippen LogP contribution in [0.2, 0.25) is 0 Å². The summed E-state index contributed by atoms with van der Waals surface area (Å²) in [5, 5.41) is 4.32. The maximum atomic E-state index is 11.1. The molecule has 4 nitrogen and oxygen atoms in total. The molecule has 0 unspecified atom stereocenters. The highest BCUT2D eigenvalue weighted by molar-refractivity contribution is 8.01. The molecule has 68 valence electrons. The van der Waals surface area contributed by atoms with Crippen molar-refractivity contribution >= 4 is 23.4 Å². The molecule has 0 saturated heterocycles. The molecular weight excluding hydrogens is 186 g/mol. The van der Waals surface area contributed by atoms with Gasteiger partial charge < -0.3 is 5.32 Å². The highest BCUT2D eigenvalue weighted by Crippen LogP contribution is 2.01. The molecule has 1 aromatic heterocycles. The van der Waals surface area contributed by atoms with Crippen molar-refractivity contribution in [1.29, 1.82) is 0 Å². The Hall–Kier alpha value is -1.36. The number of anilines is 1. The lowest BCUT2D eigenvalue weighted by atomic mass is 10.5. The number of thioether (sulfide) groups is 1. The number of aromatic nitrogens is 2. The smallest absolute Gasteiger partial charge is 0.248 e. The summed E-state index contributed by atoms with van der Waals surface area (Å²) in [4.78, 5) is 18.6. The van der Waals surface area contributed by atoms with Crippen molar-refractivity contribution in [2.24, 2.45) is 0 Å². The Morgan fingerprint density at radius 2 is 2.23 bits per heavy atom. The van der Waals surface area contributed by atoms with Crippen molar-refractivity contribution in [2.45, 2.75) is 0 Å². The fourth-order valence-corrected chi connectivity index (χ4v) is 0.937. The molecule has 0 radical (unpaired) electrons. The van der Waals surface area contributed by atoms with Crippen LogP contribution in [0.25, 0.3) is 0 Å². The molecule has 0 spiro atoms. The number of carbonyl (C=O) groups excluding carboxylic acids is 1. The first-order chi connectivity index (χ1) is 6.33. The quantitative estimate of drug-likeness (QED) is 0.738. The zero-order valence-corrected chi connectivity index (χ0v) is 7.91. The molecule has 13 heavy (non-hydrogen) atoms. The summed E-state index contributed by atoms with van der Waals surface area (Å²) in [5.41, 5.74) is 0.596. The van der Waals surface area contributed by atoms with Crippen LogP contribution >= 0.6 is 11.8 Å². The molecule has 0 aliphatic rings. The minimum absolute atomic E-state index is 0.177. The molecule has 1 heterocycles. The number of nitrogens with one attached hydrogen (secondary N) is 1. The Morgan fingerprint density at radius 3 is 2.85 bits per heavy atom. The van der Waals surface area contributed by atoms with Gasteiger partial charge in [-0.1, -0.05) is 0 Å². The number of hydrogen-bond acceptors (Lipinski definition) is 4. The Morgan fingerprint density at radius 1 is 1.54 bits per heavy atom. The second-order valence-electron chi connectivity index (χ2n) is 2.15. The van der Waals surface area contributed by atoms with Gasteiger partial charge in [-0.05, 0) is 11.7 Å². The molecule has 5 heteroatoms. The van der Waals surface area contributed by atoms with E-state index in [1.165, 1.54) is 36.6 Å². The molecule has 0 aliphatic heterocycles. The minimum Gasteiger partial charge on any atom is -0.320 e. The fraction of sp³-hybridized carbons (Fsp3) is 0.125. The second-order valence-corrected chi connectivity index (χ2v) is 2.90. The second kappa shape index (κ2) is 5.31. The van der Waals surface area contributed by atoms with E-state index in [0.717, 1.165) is 0 Å². The molecule has 0 saturated carbocycles. The number of rotatable bonds is 3. The third-order valence-electron chi connectivity index (χ3n) is 1.18. The van der Waals surface area contributed by atoms with E-state index in [9.17, 15) is 4.79 Å². The molecule has 0 atom stereocenters. The average Bonchev–Trinajstić information content (AvgIpc) is 2.16. The molecule has 1 amide bonds. The molecule has 0 aliphatic carbocycles. The summed E-state index contributed by atoms with van der Waals surface area (Å²) in [6, 6.07) is 0. The maximum Gasteiger partial charge on any atom is 0.248 e. The first-order valence-corrected chi connectivity index (χ1v) is 4.87. The molecule has 0 aromatic carbocycles. The van der Waals surface area contributed by atoms with E-state index in [1.807, 2.05) is 6.26 Å². The summed E-state index contributed by atoms with van der Waals surface area (Å²) >= 11 is 1.47. The Kier molecular flexibility index (Phi) is 3.98. The predicted molar refractivity (Wildman–Crippen MR) is 53.3 cm³/mol. The third kappa shape index (κ3) is 3.71. The summed E-state index contributed by atoms with van der Waals surface area (Å²) in [5.74, 6) is -0.177. The normalized spacial score (nSPS) is 10.2. The lowest BCUT2D eigenvalue weighted by Crippen LogP contribution is -2.07. The lowest BCUT2D eigenvalue weighted by molar-refractivity contribution is -0.111. The van der Waals surface area contributed by atoms with E-state index in [1.54, 1.807) is 5.41 Å². The predicted octanol–water partition coefficient (Wildman–Crippen LogP) is 1.29. The summed E-state index contributed by atoms with van der Waals surface area (Å²) in [6.45, 7) is 0. The van der Waals surface area contributed by atoms with Gasteiger partial charge in [0.1, 0.15) is 6.33 Å². The van der Waals surface area contributed by atoms with Gasteiger partial charge >= 0.3 is 0 Å².